The van der Waals surface area contributed by atoms with Crippen LogP contribution in [0.2, 0.25) is 0 Å². The van der Waals surface area contributed by atoms with Crippen molar-refractivity contribution < 1.29 is 53.5 Å². The number of nitrogens with two attached hydrogens (primary N) is 1. The monoisotopic (exact) mass is 520 g/mol. The largest absolute Gasteiger partial charge is 0.481 e. The second-order valence-electron chi connectivity index (χ2n) is 8.31. The van der Waals surface area contributed by atoms with Crippen molar-refractivity contribution in [1.29, 1.82) is 0 Å². The summed E-state index contributed by atoms with van der Waals surface area (Å²) in [4.78, 5) is 58.9. The van der Waals surface area contributed by atoms with E-state index in [2.05, 4.69) is 16.0 Å². The molecule has 4 amide bonds. The minimum absolute atomic E-state index is 0.0813. The van der Waals surface area contributed by atoms with Gasteiger partial charge >= 0.3 is 5.97 Å². The molecule has 1 saturated heterocycles. The van der Waals surface area contributed by atoms with Gasteiger partial charge in [0.15, 0.2) is 6.29 Å². The van der Waals surface area contributed by atoms with E-state index in [1.54, 1.807) is 6.92 Å². The van der Waals surface area contributed by atoms with Gasteiger partial charge in [0, 0.05) is 20.0 Å². The van der Waals surface area contributed by atoms with Crippen molar-refractivity contribution in [2.75, 3.05) is 13.2 Å². The maximum absolute atomic E-state index is 12.7. The lowest BCUT2D eigenvalue weighted by atomic mass is 9.96. The Balaban J connectivity index is 2.84. The van der Waals surface area contributed by atoms with Crippen molar-refractivity contribution in [3.63, 3.8) is 0 Å². The van der Waals surface area contributed by atoms with Gasteiger partial charge in [0.05, 0.1) is 6.61 Å². The summed E-state index contributed by atoms with van der Waals surface area (Å²) in [5.41, 5.74) is 5.19. The highest BCUT2D eigenvalue weighted by Crippen LogP contribution is 2.24. The number of ether oxygens (including phenoxy) is 3. The number of carbonyl (C=O) groups excluding carboxylic acids is 4. The second-order valence-corrected chi connectivity index (χ2v) is 8.31. The number of nitrogens with one attached hydrogen (secondary N) is 3. The topological polar surface area (TPSA) is 236 Å². The minimum atomic E-state index is -1.57. The summed E-state index contributed by atoms with van der Waals surface area (Å²) in [6.45, 7) is 5.80. The van der Waals surface area contributed by atoms with Crippen molar-refractivity contribution in [2.24, 2.45) is 5.73 Å². The molecule has 1 aliphatic heterocycles. The van der Waals surface area contributed by atoms with Gasteiger partial charge < -0.3 is 51.2 Å². The van der Waals surface area contributed by atoms with Crippen LogP contribution in [-0.4, -0.2) is 107 Å². The molecular weight excluding hydrogens is 484 g/mol. The maximum Gasteiger partial charge on any atom is 0.303 e. The molecule has 5 unspecified atom stereocenters. The van der Waals surface area contributed by atoms with Gasteiger partial charge in [0.2, 0.25) is 23.6 Å². The molecule has 0 spiro atoms. The van der Waals surface area contributed by atoms with E-state index in [0.717, 1.165) is 0 Å². The van der Waals surface area contributed by atoms with E-state index < -0.39 is 84.9 Å². The summed E-state index contributed by atoms with van der Waals surface area (Å²) in [7, 11) is 0. The molecule has 0 radical (unpaired) electrons. The molecular formula is C21H36N4O11. The Hall–Kier alpha value is -2.85. The molecule has 0 aromatic rings. The lowest BCUT2D eigenvalue weighted by Crippen LogP contribution is -2.66. The molecule has 206 valence electrons. The van der Waals surface area contributed by atoms with Gasteiger partial charge in [-0.3, -0.25) is 24.0 Å². The molecule has 0 bridgehead atoms. The Labute approximate surface area is 208 Å². The average molecular weight is 521 g/mol. The Morgan fingerprint density at radius 1 is 1.08 bits per heavy atom. The summed E-state index contributed by atoms with van der Waals surface area (Å²) in [5, 5.41) is 36.9. The highest BCUT2D eigenvalue weighted by molar-refractivity contribution is 5.92. The molecule has 1 fully saturated rings. The van der Waals surface area contributed by atoms with Crippen molar-refractivity contribution >= 4 is 29.6 Å². The highest BCUT2D eigenvalue weighted by Gasteiger charge is 2.47. The summed E-state index contributed by atoms with van der Waals surface area (Å²) < 4.78 is 16.3. The van der Waals surface area contributed by atoms with Crippen LogP contribution in [0.15, 0.2) is 0 Å². The molecule has 8 atom stereocenters. The number of hydrogen-bond acceptors (Lipinski definition) is 10. The SMILES string of the molecule is CCOCC1OC(O)C(NC(C)=O)C(O[C@H](C)C(=O)N[C@@H](C)C(=O)N[C@H](CCC(=O)O)C(N)=O)C1O. The van der Waals surface area contributed by atoms with Crippen molar-refractivity contribution in [3.05, 3.63) is 0 Å². The van der Waals surface area contributed by atoms with Crippen molar-refractivity contribution in [3.8, 4) is 0 Å². The van der Waals surface area contributed by atoms with Gasteiger partial charge in [-0.15, -0.1) is 0 Å². The third-order valence-electron chi connectivity index (χ3n) is 5.34. The predicted octanol–water partition coefficient (Wildman–Crippen LogP) is -3.28. The first-order valence-electron chi connectivity index (χ1n) is 11.4. The number of hydrogen-bond donors (Lipinski definition) is 7. The Morgan fingerprint density at radius 2 is 1.72 bits per heavy atom. The van der Waals surface area contributed by atoms with Crippen LogP contribution in [0.3, 0.4) is 0 Å². The molecule has 8 N–H and O–H groups in total. The maximum atomic E-state index is 12.7. The van der Waals surface area contributed by atoms with Crippen LogP contribution in [0.4, 0.5) is 0 Å². The first-order chi connectivity index (χ1) is 16.8. The van der Waals surface area contributed by atoms with Crippen LogP contribution in [0.25, 0.3) is 0 Å². The fraction of sp³-hybridized carbons (Fsp3) is 0.762. The smallest absolute Gasteiger partial charge is 0.303 e. The molecule has 36 heavy (non-hydrogen) atoms. The number of aliphatic hydroxyl groups excluding tert-OH is 2. The zero-order chi connectivity index (χ0) is 27.6. The van der Waals surface area contributed by atoms with E-state index in [1.807, 2.05) is 0 Å². The van der Waals surface area contributed by atoms with Crippen LogP contribution < -0.4 is 21.7 Å². The van der Waals surface area contributed by atoms with Crippen LogP contribution in [0, 0.1) is 0 Å². The summed E-state index contributed by atoms with van der Waals surface area (Å²) >= 11 is 0. The summed E-state index contributed by atoms with van der Waals surface area (Å²) in [5.74, 6) is -4.23. The zero-order valence-corrected chi connectivity index (χ0v) is 20.6. The molecule has 15 heteroatoms. The number of primary amides is 1. The third kappa shape index (κ3) is 9.66. The molecule has 0 aromatic carbocycles. The number of carbonyl (C=O) groups is 5. The molecule has 1 aliphatic rings. The number of carboxylic acid groups (broad SMARTS) is 1. The van der Waals surface area contributed by atoms with E-state index in [0.29, 0.717) is 6.61 Å². The highest BCUT2D eigenvalue weighted by atomic mass is 16.6. The van der Waals surface area contributed by atoms with Gasteiger partial charge in [-0.2, -0.15) is 0 Å². The third-order valence-corrected chi connectivity index (χ3v) is 5.34. The zero-order valence-electron chi connectivity index (χ0n) is 20.6. The molecule has 1 rings (SSSR count). The number of carboxylic acids is 1. The number of aliphatic carboxylic acids is 1. The van der Waals surface area contributed by atoms with Gasteiger partial charge in [-0.1, -0.05) is 0 Å². The molecule has 0 saturated carbocycles. The minimum Gasteiger partial charge on any atom is -0.481 e. The average Bonchev–Trinajstić information content (AvgIpc) is 2.79. The number of amides is 4. The van der Waals surface area contributed by atoms with Crippen molar-refractivity contribution in [2.45, 2.75) is 89.4 Å². The first-order valence-corrected chi connectivity index (χ1v) is 11.4. The van der Waals surface area contributed by atoms with E-state index in [-0.39, 0.29) is 13.0 Å². The molecule has 0 aliphatic carbocycles. The fourth-order valence-electron chi connectivity index (χ4n) is 3.40. The first kappa shape index (κ1) is 31.2. The van der Waals surface area contributed by atoms with E-state index >= 15 is 0 Å². The normalized spacial score (nSPS) is 26.2. The lowest BCUT2D eigenvalue weighted by Gasteiger charge is -2.43. The number of rotatable bonds is 14. The van der Waals surface area contributed by atoms with Crippen LogP contribution in [-0.2, 0) is 38.2 Å². The van der Waals surface area contributed by atoms with Gasteiger partial charge in [-0.25, -0.2) is 0 Å². The number of aliphatic hydroxyl groups is 2. The quantitative estimate of drug-likeness (QED) is 0.120. The van der Waals surface area contributed by atoms with Gasteiger partial charge in [0.25, 0.3) is 0 Å². The predicted molar refractivity (Wildman–Crippen MR) is 121 cm³/mol. The fourth-order valence-corrected chi connectivity index (χ4v) is 3.40. The van der Waals surface area contributed by atoms with Gasteiger partial charge in [0.1, 0.15) is 42.5 Å². The van der Waals surface area contributed by atoms with E-state index in [1.165, 1.54) is 20.8 Å². The molecule has 15 nitrogen and oxygen atoms in total. The van der Waals surface area contributed by atoms with Crippen LogP contribution in [0.5, 0.6) is 0 Å². The summed E-state index contributed by atoms with van der Waals surface area (Å²) in [6.07, 6.45) is -7.14. The molecule has 1 heterocycles. The van der Waals surface area contributed by atoms with E-state index in [9.17, 15) is 34.2 Å². The Bertz CT molecular complexity index is 796. The van der Waals surface area contributed by atoms with Crippen LogP contribution >= 0.6 is 0 Å². The summed E-state index contributed by atoms with van der Waals surface area (Å²) in [6, 6.07) is -3.63. The van der Waals surface area contributed by atoms with E-state index in [4.69, 9.17) is 25.1 Å². The van der Waals surface area contributed by atoms with Crippen molar-refractivity contribution in [1.82, 2.24) is 16.0 Å². The Morgan fingerprint density at radius 3 is 2.25 bits per heavy atom. The van der Waals surface area contributed by atoms with Gasteiger partial charge in [-0.05, 0) is 27.2 Å². The van der Waals surface area contributed by atoms with Crippen LogP contribution in [0.1, 0.15) is 40.5 Å². The molecule has 0 aromatic heterocycles. The standard InChI is InChI=1S/C21H36N4O11/c1-5-34-8-13-16(29)17(15(21(33)36-13)24-11(4)26)35-10(3)20(32)23-9(2)19(31)25-12(18(22)30)6-7-14(27)28/h9-10,12-13,15-17,21,29,33H,5-8H2,1-4H3,(H2,22,30)(H,23,32)(H,24,26)(H,25,31)(H,27,28)/t9-,10+,12+,13?,15?,16?,17?,21?/m0/s1. The Kier molecular flexibility index (Phi) is 12.7. The second kappa shape index (κ2) is 14.6. The lowest BCUT2D eigenvalue weighted by molar-refractivity contribution is -0.268.